The van der Waals surface area contributed by atoms with Crippen LogP contribution in [0.25, 0.3) is 11.1 Å². The lowest BCUT2D eigenvalue weighted by Crippen LogP contribution is -2.76. The molecule has 706 valence electrons. The van der Waals surface area contributed by atoms with Crippen molar-refractivity contribution in [3.05, 3.63) is 146 Å². The Kier molecular flexibility index (Phi) is 18.5. The first kappa shape index (κ1) is 87.3. The van der Waals surface area contributed by atoms with Gasteiger partial charge in [0.1, 0.15) is 42.8 Å². The molecule has 136 heavy (non-hydrogen) atoms. The van der Waals surface area contributed by atoms with Crippen molar-refractivity contribution < 1.29 is 265 Å². The van der Waals surface area contributed by atoms with E-state index in [0.29, 0.717) is 36.4 Å². The first-order valence-electron chi connectivity index (χ1n) is 38.9. The zero-order chi connectivity index (χ0) is 97.4. The van der Waals surface area contributed by atoms with Crippen molar-refractivity contribution in [1.82, 2.24) is 0 Å². The Labute approximate surface area is 744 Å². The highest BCUT2D eigenvalue weighted by Crippen LogP contribution is 2.65. The van der Waals surface area contributed by atoms with Crippen molar-refractivity contribution in [2.24, 2.45) is 11.8 Å². The molecule has 19 atom stereocenters. The van der Waals surface area contributed by atoms with Crippen LogP contribution in [0, 0.1) is 11.8 Å². The highest BCUT2D eigenvalue weighted by atomic mass is 16.8. The largest absolute Gasteiger partial charge is 0.506 e. The summed E-state index contributed by atoms with van der Waals surface area (Å²) in [6.07, 6.45) is -34.0. The lowest BCUT2D eigenvalue weighted by Gasteiger charge is -2.53. The number of esters is 10. The van der Waals surface area contributed by atoms with Crippen LogP contribution in [0.2, 0.25) is 0 Å². The van der Waals surface area contributed by atoms with E-state index in [-0.39, 0.29) is 36.4 Å². The maximum atomic E-state index is 16.2. The Balaban J connectivity index is 0.774. The van der Waals surface area contributed by atoms with Crippen LogP contribution in [0.5, 0.6) is 109 Å². The van der Waals surface area contributed by atoms with Crippen molar-refractivity contribution in [1.29, 1.82) is 0 Å². The molecular formula is C82H54O54. The summed E-state index contributed by atoms with van der Waals surface area (Å²) < 4.78 is 106. The highest BCUT2D eigenvalue weighted by Gasteiger charge is 2.77. The number of benzene rings is 6. The maximum Gasteiger partial charge on any atom is 0.344 e. The second-order valence-electron chi connectivity index (χ2n) is 32.2. The lowest BCUT2D eigenvalue weighted by atomic mass is 9.64. The van der Waals surface area contributed by atoms with Crippen molar-refractivity contribution in [3.63, 3.8) is 0 Å². The van der Waals surface area contributed by atoms with E-state index in [9.17, 15) is 141 Å². The van der Waals surface area contributed by atoms with Gasteiger partial charge in [0, 0.05) is 40.5 Å². The molecule has 4 saturated heterocycles. The number of allylic oxidation sites excluding steroid dienone is 1. The van der Waals surface area contributed by atoms with E-state index >= 15 is 38.4 Å². The Morgan fingerprint density at radius 2 is 0.868 bits per heavy atom. The third-order valence-electron chi connectivity index (χ3n) is 24.5. The van der Waals surface area contributed by atoms with Crippen LogP contribution in [0.4, 0.5) is 0 Å². The molecule has 10 heterocycles. The smallest absolute Gasteiger partial charge is 0.344 e. The van der Waals surface area contributed by atoms with Crippen LogP contribution in [-0.2, 0) is 95.1 Å². The molecule has 54 nitrogen and oxygen atoms in total. The highest BCUT2D eigenvalue weighted by molar-refractivity contribution is 6.13. The van der Waals surface area contributed by atoms with Gasteiger partial charge in [0.05, 0.1) is 62.3 Å². The molecule has 23 N–H and O–H groups in total. The third kappa shape index (κ3) is 12.0. The van der Waals surface area contributed by atoms with Gasteiger partial charge in [-0.1, -0.05) is 0 Å². The molecule has 6 aromatic rings. The molecule has 0 spiro atoms. The molecule has 10 aliphatic heterocycles. The number of carbonyl (C=O) groups excluding carboxylic acids is 13. The molecule has 4 fully saturated rings. The van der Waals surface area contributed by atoms with Crippen molar-refractivity contribution in [3.8, 4) is 120 Å². The number of ketones is 3. The van der Waals surface area contributed by atoms with Gasteiger partial charge in [-0.25, -0.2) is 47.9 Å². The number of aromatic hydroxyl groups is 13. The molecule has 0 saturated carbocycles. The first-order valence-corrected chi connectivity index (χ1v) is 38.9. The van der Waals surface area contributed by atoms with Gasteiger partial charge in [-0.15, -0.1) is 0 Å². The summed E-state index contributed by atoms with van der Waals surface area (Å²) in [6, 6.07) is 2.53. The summed E-state index contributed by atoms with van der Waals surface area (Å²) in [4.78, 5) is 197. The second kappa shape index (κ2) is 28.9. The molecule has 6 aromatic carbocycles. The van der Waals surface area contributed by atoms with Gasteiger partial charge in [-0.3, -0.25) is 14.4 Å². The van der Waals surface area contributed by atoms with E-state index in [0.717, 1.165) is 0 Å². The first-order chi connectivity index (χ1) is 63.9. The quantitative estimate of drug-likeness (QED) is 0.0341. The van der Waals surface area contributed by atoms with Crippen molar-refractivity contribution in [2.45, 2.75) is 114 Å². The monoisotopic (exact) mass is 1900 g/mol. The number of phenols is 13. The molecule has 20 rings (SSSR count). The number of ether oxygens (including phenoxy) is 18. The van der Waals surface area contributed by atoms with Gasteiger partial charge in [-0.05, 0) is 54.6 Å². The van der Waals surface area contributed by atoms with E-state index in [1.165, 1.54) is 0 Å². The fourth-order valence-electron chi connectivity index (χ4n) is 17.9. The summed E-state index contributed by atoms with van der Waals surface area (Å²) >= 11 is 0. The Bertz CT molecular complexity index is 6790. The number of carbonyl (C=O) groups is 13. The predicted molar refractivity (Wildman–Crippen MR) is 400 cm³/mol. The van der Waals surface area contributed by atoms with Gasteiger partial charge in [-0.2, -0.15) is 0 Å². The fourth-order valence-corrected chi connectivity index (χ4v) is 17.9. The van der Waals surface area contributed by atoms with Crippen molar-refractivity contribution >= 4 is 77.0 Å². The van der Waals surface area contributed by atoms with E-state index in [4.69, 9.17) is 85.3 Å². The average Bonchev–Trinajstić information content (AvgIpc) is 0.869. The topological polar surface area (TPSA) is 853 Å². The maximum absolute atomic E-state index is 16.2. The number of aliphatic hydroxyl groups is 10. The minimum Gasteiger partial charge on any atom is -0.506 e. The van der Waals surface area contributed by atoms with E-state index in [1.54, 1.807) is 0 Å². The third-order valence-corrected chi connectivity index (χ3v) is 24.5. The summed E-state index contributed by atoms with van der Waals surface area (Å²) in [5.74, 6) is -91.2. The summed E-state index contributed by atoms with van der Waals surface area (Å²) in [6.45, 7) is -3.34. The van der Waals surface area contributed by atoms with Crippen LogP contribution in [0.15, 0.2) is 107 Å². The molecule has 19 unspecified atom stereocenters. The van der Waals surface area contributed by atoms with E-state index in [1.807, 2.05) is 0 Å². The summed E-state index contributed by atoms with van der Waals surface area (Å²) in [5.41, 5.74) is -17.2. The number of hydrogen-bond donors (Lipinski definition) is 23. The Morgan fingerprint density at radius 3 is 1.52 bits per heavy atom. The second-order valence-corrected chi connectivity index (χ2v) is 32.2. The van der Waals surface area contributed by atoms with Gasteiger partial charge in [0.15, 0.2) is 111 Å². The van der Waals surface area contributed by atoms with Gasteiger partial charge < -0.3 is 203 Å². The standard InChI is InChI=1S/C82H54O54/c83-25-1-15(2-26(84)45(25)94)65(101)127-60-54-35(14-120-68(104)21-10-36(91)79(115)77(111,112)43(21)41-18(70(106)125-54)6-31(89)49(98)57(41)133-79)123-76-62(60)130-73(109)23-8-29(87)47(96)51(100)52(23)121-33-9-20-40-39-17(5-30(88)48(97)56(39)135-81(117)38(93)12-24(74(110)132-76)64-82(81,118)136-59(40)53(33)124-64)69(105)128-61-55-34(13-119-67(20)103)122-75(131-66(102)16-3-27(85)46(95)28(86)4-16)63(61)129-71(107)19-7-32(90)50(99)58-42(19)44-22(72(108)126-55)11-37(92)80(116,134-58)78(44,113)114/h1-12,32,34-35,42-44,54-55,60-64,75-76,83-90,94-100,111-118H,13-14H2. The number of fused-ring (bicyclic) bond motifs is 5. The minimum atomic E-state index is -4.56. The molecule has 0 aromatic heterocycles. The van der Waals surface area contributed by atoms with Gasteiger partial charge in [0.2, 0.25) is 82.8 Å². The predicted octanol–water partition coefficient (Wildman–Crippen LogP) is -4.77. The Hall–Kier alpha value is -16.7. The molecule has 0 amide bonds. The van der Waals surface area contributed by atoms with Gasteiger partial charge in [0.25, 0.3) is 5.79 Å². The zero-order valence-electron chi connectivity index (χ0n) is 66.4. The summed E-state index contributed by atoms with van der Waals surface area (Å²) in [7, 11) is 0. The molecule has 54 heteroatoms. The fraction of sp³-hybridized carbons (Fsp3) is 0.280. The minimum absolute atomic E-state index is 0.0675. The van der Waals surface area contributed by atoms with Crippen molar-refractivity contribution in [2.75, 3.05) is 13.2 Å². The molecular weight excluding hydrogens is 1850 g/mol. The van der Waals surface area contributed by atoms with Crippen LogP contribution >= 0.6 is 0 Å². The average molecular weight is 1900 g/mol. The van der Waals surface area contributed by atoms with Crippen LogP contribution in [0.1, 0.15) is 73.6 Å². The molecule has 14 aliphatic rings. The van der Waals surface area contributed by atoms with Crippen LogP contribution < -0.4 is 23.7 Å². The normalized spacial score (nSPS) is 31.4. The number of hydrogen-bond acceptors (Lipinski definition) is 54. The number of rotatable bonds is 4. The molecule has 12 bridgehead atoms. The molecule has 4 aliphatic carbocycles. The van der Waals surface area contributed by atoms with Gasteiger partial charge >= 0.3 is 82.8 Å². The van der Waals surface area contributed by atoms with E-state index < -0.39 is 409 Å². The molecule has 0 radical (unpaired) electrons. The Morgan fingerprint density at radius 1 is 0.382 bits per heavy atom. The number of cyclic esters (lactones) is 2. The summed E-state index contributed by atoms with van der Waals surface area (Å²) in [5, 5.41) is 265. The zero-order valence-corrected chi connectivity index (χ0v) is 66.4. The van der Waals surface area contributed by atoms with Crippen LogP contribution in [-0.4, -0.2) is 316 Å². The lowest BCUT2D eigenvalue weighted by molar-refractivity contribution is -0.380. The number of phenolic OH excluding ortho intramolecular Hbond substituents is 13. The SMILES string of the molecule is O=C1OC2C(OC(=O)c3cc(O)c(O)c(O)c3)OC3COC(=O)c4cc5c6c7c4-c4c(cc(O)c(O)c4OC4(O)C(=O)C=C(C(=O)OC8OC9COC(=O)C%10=CC(=O)C%11(O)Oc%12c(O)c(O)cc(c%12C%10C%11(O)O)C(=O)OC9C(OC(=O)c9cc(O)c(O)c(O)c9)C8OC(=O)c8cc(O)c(O)c(O)c8O5)C(O6)C4(O)O7)C(=O)OC2C3OC(=O)C2=CC(=O)C3(O)OC4=C(O)C(O)C=C1C4C2C3(O)O. The van der Waals surface area contributed by atoms with Crippen LogP contribution in [0.3, 0.4) is 0 Å². The number of aliphatic hydroxyl groups excluding tert-OH is 2. The van der Waals surface area contributed by atoms with E-state index in [2.05, 4.69) is 0 Å².